The fourth-order valence-electron chi connectivity index (χ4n) is 2.22. The molecule has 0 amide bonds. The summed E-state index contributed by atoms with van der Waals surface area (Å²) in [5, 5.41) is 0.878. The Morgan fingerprint density at radius 3 is 2.46 bits per heavy atom. The van der Waals surface area contributed by atoms with Gasteiger partial charge in [0.25, 0.3) is 0 Å². The maximum atomic E-state index is 12.1. The van der Waals surface area contributed by atoms with Crippen LogP contribution in [0.25, 0.3) is 11.3 Å². The van der Waals surface area contributed by atoms with Crippen molar-refractivity contribution in [1.82, 2.24) is 0 Å². The molecule has 1 aromatic carbocycles. The first-order valence-corrected chi connectivity index (χ1v) is 8.63. The van der Waals surface area contributed by atoms with Crippen LogP contribution < -0.4 is 5.43 Å². The van der Waals surface area contributed by atoms with E-state index in [1.54, 1.807) is 18.2 Å². The van der Waals surface area contributed by atoms with Gasteiger partial charge in [-0.25, -0.2) is 0 Å². The number of halogens is 2. The maximum Gasteiger partial charge on any atom is 0.185 e. The van der Waals surface area contributed by atoms with Gasteiger partial charge in [0.15, 0.2) is 5.43 Å². The largest absolute Gasteiger partial charge is 0.460 e. The second-order valence-electron chi connectivity index (χ2n) is 6.94. The van der Waals surface area contributed by atoms with Crippen molar-refractivity contribution in [3.8, 4) is 11.3 Å². The molecule has 0 atom stereocenters. The molecule has 130 valence electrons. The van der Waals surface area contributed by atoms with Crippen LogP contribution in [0, 0.1) is 5.92 Å². The van der Waals surface area contributed by atoms with E-state index < -0.39 is 5.41 Å². The minimum atomic E-state index is -0.416. The minimum absolute atomic E-state index is 0.116. The van der Waals surface area contributed by atoms with E-state index in [1.165, 1.54) is 12.1 Å². The molecule has 24 heavy (non-hydrogen) atoms. The van der Waals surface area contributed by atoms with Crippen LogP contribution in [0.15, 0.2) is 39.5 Å². The van der Waals surface area contributed by atoms with E-state index in [-0.39, 0.29) is 5.43 Å². The summed E-state index contributed by atoms with van der Waals surface area (Å²) >= 11 is 12.0. The Morgan fingerprint density at radius 2 is 1.83 bits per heavy atom. The van der Waals surface area contributed by atoms with Crippen molar-refractivity contribution in [3.63, 3.8) is 0 Å². The summed E-state index contributed by atoms with van der Waals surface area (Å²) in [5.74, 6) is 1.50. The average molecular weight is 369 g/mol. The summed E-state index contributed by atoms with van der Waals surface area (Å²) in [6.45, 7) is 9.31. The molecule has 0 saturated carbocycles. The first-order valence-electron chi connectivity index (χ1n) is 7.88. The molecule has 0 bridgehead atoms. The molecule has 2 aromatic rings. The Kier molecular flexibility index (Phi) is 6.13. The Hall–Kier alpha value is -1.29. The lowest BCUT2D eigenvalue weighted by Crippen LogP contribution is -2.26. The number of ether oxygens (including phenoxy) is 1. The Morgan fingerprint density at radius 1 is 1.12 bits per heavy atom. The second kappa shape index (κ2) is 7.73. The zero-order valence-corrected chi connectivity index (χ0v) is 15.9. The number of rotatable bonds is 6. The summed E-state index contributed by atoms with van der Waals surface area (Å²) in [5.41, 5.74) is 0.178. The second-order valence-corrected chi connectivity index (χ2v) is 7.76. The van der Waals surface area contributed by atoms with Gasteiger partial charge in [-0.05, 0) is 24.1 Å². The summed E-state index contributed by atoms with van der Waals surface area (Å²) in [7, 11) is 0. The van der Waals surface area contributed by atoms with Gasteiger partial charge in [-0.15, -0.1) is 0 Å². The lowest BCUT2D eigenvalue weighted by Gasteiger charge is -2.24. The molecule has 0 aliphatic rings. The normalized spacial score (nSPS) is 12.0. The van der Waals surface area contributed by atoms with Gasteiger partial charge in [-0.2, -0.15) is 0 Å². The minimum Gasteiger partial charge on any atom is -0.460 e. The van der Waals surface area contributed by atoms with Crippen LogP contribution in [0.2, 0.25) is 10.0 Å². The van der Waals surface area contributed by atoms with Gasteiger partial charge in [0.05, 0.1) is 16.7 Å². The molecule has 0 spiro atoms. The third kappa shape index (κ3) is 4.85. The monoisotopic (exact) mass is 368 g/mol. The number of hydrogen-bond acceptors (Lipinski definition) is 3. The van der Waals surface area contributed by atoms with E-state index in [9.17, 15) is 4.79 Å². The third-order valence-corrected chi connectivity index (χ3v) is 4.29. The van der Waals surface area contributed by atoms with Crippen LogP contribution >= 0.6 is 23.2 Å². The van der Waals surface area contributed by atoms with Crippen molar-refractivity contribution in [2.24, 2.45) is 5.92 Å². The van der Waals surface area contributed by atoms with Crippen molar-refractivity contribution in [2.45, 2.75) is 33.1 Å². The zero-order chi connectivity index (χ0) is 17.9. The fraction of sp³-hybridized carbons (Fsp3) is 0.421. The predicted octanol–water partition coefficient (Wildman–Crippen LogP) is 5.56. The van der Waals surface area contributed by atoms with Crippen LogP contribution in [0.4, 0.5) is 0 Å². The molecule has 0 aliphatic heterocycles. The highest BCUT2D eigenvalue weighted by Gasteiger charge is 2.25. The average Bonchev–Trinajstić information content (AvgIpc) is 2.49. The van der Waals surface area contributed by atoms with Gasteiger partial charge in [0.2, 0.25) is 0 Å². The van der Waals surface area contributed by atoms with Gasteiger partial charge in [0.1, 0.15) is 11.5 Å². The van der Waals surface area contributed by atoms with Crippen molar-refractivity contribution in [3.05, 3.63) is 56.4 Å². The molecule has 1 heterocycles. The van der Waals surface area contributed by atoms with E-state index in [2.05, 4.69) is 13.8 Å². The SMILES string of the molecule is CC(C)COCC(C)(C)c1cc(=O)cc(-c2ccc(Cl)c(Cl)c2)o1. The zero-order valence-electron chi connectivity index (χ0n) is 14.4. The standard InChI is InChI=1S/C19H22Cl2O3/c1-12(2)10-23-11-19(3,4)18-9-14(22)8-17(24-18)13-5-6-15(20)16(21)7-13/h5-9,12H,10-11H2,1-4H3. The number of benzene rings is 1. The van der Waals surface area contributed by atoms with Crippen LogP contribution in [0.5, 0.6) is 0 Å². The molecular formula is C19H22Cl2O3. The molecule has 0 saturated heterocycles. The first-order chi connectivity index (χ1) is 11.2. The molecule has 0 unspecified atom stereocenters. The highest BCUT2D eigenvalue weighted by atomic mass is 35.5. The first kappa shape index (κ1) is 19.0. The van der Waals surface area contributed by atoms with E-state index in [4.69, 9.17) is 32.4 Å². The molecule has 0 aliphatic carbocycles. The molecule has 1 aromatic heterocycles. The molecular weight excluding hydrogens is 347 g/mol. The molecule has 2 rings (SSSR count). The van der Waals surface area contributed by atoms with E-state index in [0.29, 0.717) is 46.3 Å². The summed E-state index contributed by atoms with van der Waals surface area (Å²) in [4.78, 5) is 12.1. The number of hydrogen-bond donors (Lipinski definition) is 0. The van der Waals surface area contributed by atoms with Crippen molar-refractivity contribution in [1.29, 1.82) is 0 Å². The van der Waals surface area contributed by atoms with Gasteiger partial charge in [0, 0.05) is 29.7 Å². The lowest BCUT2D eigenvalue weighted by atomic mass is 9.91. The summed E-state index contributed by atoms with van der Waals surface area (Å²) in [6.07, 6.45) is 0. The molecule has 3 nitrogen and oxygen atoms in total. The van der Waals surface area contributed by atoms with Gasteiger partial charge >= 0.3 is 0 Å². The smallest absolute Gasteiger partial charge is 0.185 e. The Balaban J connectivity index is 2.34. The molecule has 0 radical (unpaired) electrons. The lowest BCUT2D eigenvalue weighted by molar-refractivity contribution is 0.0682. The summed E-state index contributed by atoms with van der Waals surface area (Å²) < 4.78 is 11.7. The topological polar surface area (TPSA) is 39.4 Å². The fourth-order valence-corrected chi connectivity index (χ4v) is 2.52. The van der Waals surface area contributed by atoms with Gasteiger partial charge in [-0.3, -0.25) is 4.79 Å². The van der Waals surface area contributed by atoms with Crippen molar-refractivity contribution in [2.75, 3.05) is 13.2 Å². The highest BCUT2D eigenvalue weighted by Crippen LogP contribution is 2.31. The Bertz CT molecular complexity index is 763. The highest BCUT2D eigenvalue weighted by molar-refractivity contribution is 6.42. The van der Waals surface area contributed by atoms with Crippen molar-refractivity contribution < 1.29 is 9.15 Å². The Labute approximate surface area is 152 Å². The van der Waals surface area contributed by atoms with Crippen molar-refractivity contribution >= 4 is 23.2 Å². The van der Waals surface area contributed by atoms with Crippen LogP contribution in [0.1, 0.15) is 33.5 Å². The van der Waals surface area contributed by atoms with Gasteiger partial charge in [-0.1, -0.05) is 50.9 Å². The van der Waals surface area contributed by atoms with Crippen LogP contribution in [-0.2, 0) is 10.2 Å². The molecule has 0 fully saturated rings. The van der Waals surface area contributed by atoms with E-state index >= 15 is 0 Å². The molecule has 0 N–H and O–H groups in total. The van der Waals surface area contributed by atoms with E-state index in [1.807, 2.05) is 13.8 Å². The predicted molar refractivity (Wildman–Crippen MR) is 99.1 cm³/mol. The van der Waals surface area contributed by atoms with Crippen LogP contribution in [-0.4, -0.2) is 13.2 Å². The molecule has 5 heteroatoms. The third-order valence-electron chi connectivity index (χ3n) is 3.55. The van der Waals surface area contributed by atoms with E-state index in [0.717, 1.165) is 0 Å². The summed E-state index contributed by atoms with van der Waals surface area (Å²) in [6, 6.07) is 8.11. The quantitative estimate of drug-likeness (QED) is 0.669. The maximum absolute atomic E-state index is 12.1. The van der Waals surface area contributed by atoms with Gasteiger partial charge < -0.3 is 9.15 Å². The van der Waals surface area contributed by atoms with Crippen LogP contribution in [0.3, 0.4) is 0 Å².